The summed E-state index contributed by atoms with van der Waals surface area (Å²) in [6.45, 7) is 0. The average Bonchev–Trinajstić information content (AvgIpc) is 3.21. The Bertz CT molecular complexity index is 1190. The summed E-state index contributed by atoms with van der Waals surface area (Å²) in [7, 11) is 0. The maximum atomic E-state index is 12.7. The molecular weight excluding hydrogens is 423 g/mol. The van der Waals surface area contributed by atoms with Crippen LogP contribution in [0.15, 0.2) is 79.1 Å². The van der Waals surface area contributed by atoms with Gasteiger partial charge in [-0.15, -0.1) is 11.3 Å². The van der Waals surface area contributed by atoms with Gasteiger partial charge in [0.25, 0.3) is 5.91 Å². The molecule has 31 heavy (non-hydrogen) atoms. The SMILES string of the molecule is O=C(Nc1ncc(Cc2ccc(C(F)(F)F)cc2)s1)c1ccnc(-c2ccccc2)c1. The highest BCUT2D eigenvalue weighted by molar-refractivity contribution is 7.15. The van der Waals surface area contributed by atoms with Crippen molar-refractivity contribution in [1.82, 2.24) is 9.97 Å². The zero-order valence-corrected chi connectivity index (χ0v) is 16.9. The molecule has 156 valence electrons. The molecule has 4 aromatic rings. The number of benzene rings is 2. The fraction of sp³-hybridized carbons (Fsp3) is 0.0870. The number of rotatable bonds is 5. The van der Waals surface area contributed by atoms with Crippen LogP contribution in [0.1, 0.15) is 26.4 Å². The molecule has 0 aliphatic heterocycles. The van der Waals surface area contributed by atoms with Crippen LogP contribution in [0.2, 0.25) is 0 Å². The summed E-state index contributed by atoms with van der Waals surface area (Å²) in [5.74, 6) is -0.310. The summed E-state index contributed by atoms with van der Waals surface area (Å²) in [5, 5.41) is 3.19. The number of anilines is 1. The number of pyridine rings is 1. The van der Waals surface area contributed by atoms with Crippen molar-refractivity contribution in [1.29, 1.82) is 0 Å². The van der Waals surface area contributed by atoms with Crippen LogP contribution in [-0.2, 0) is 12.6 Å². The Morgan fingerprint density at radius 1 is 0.968 bits per heavy atom. The number of hydrogen-bond donors (Lipinski definition) is 1. The first-order chi connectivity index (χ1) is 14.9. The molecule has 2 heterocycles. The predicted molar refractivity (Wildman–Crippen MR) is 114 cm³/mol. The van der Waals surface area contributed by atoms with Gasteiger partial charge in [-0.2, -0.15) is 13.2 Å². The van der Waals surface area contributed by atoms with Gasteiger partial charge in [-0.25, -0.2) is 4.98 Å². The number of thiazole rings is 1. The smallest absolute Gasteiger partial charge is 0.298 e. The van der Waals surface area contributed by atoms with Crippen LogP contribution in [0.3, 0.4) is 0 Å². The van der Waals surface area contributed by atoms with E-state index in [1.54, 1.807) is 24.5 Å². The summed E-state index contributed by atoms with van der Waals surface area (Å²) in [6, 6.07) is 17.9. The van der Waals surface area contributed by atoms with Gasteiger partial charge in [0, 0.05) is 34.8 Å². The van der Waals surface area contributed by atoms with Gasteiger partial charge in [0.15, 0.2) is 5.13 Å². The molecule has 0 radical (unpaired) electrons. The Balaban J connectivity index is 1.43. The van der Waals surface area contributed by atoms with Crippen molar-refractivity contribution < 1.29 is 18.0 Å². The molecular formula is C23H16F3N3OS. The van der Waals surface area contributed by atoms with Crippen LogP contribution in [-0.4, -0.2) is 15.9 Å². The highest BCUT2D eigenvalue weighted by atomic mass is 32.1. The van der Waals surface area contributed by atoms with E-state index in [2.05, 4.69) is 15.3 Å². The number of nitrogens with zero attached hydrogens (tertiary/aromatic N) is 2. The van der Waals surface area contributed by atoms with Gasteiger partial charge in [-0.05, 0) is 29.8 Å². The second-order valence-electron chi connectivity index (χ2n) is 6.75. The Labute approximate surface area is 180 Å². The van der Waals surface area contributed by atoms with E-state index in [4.69, 9.17) is 0 Å². The van der Waals surface area contributed by atoms with Crippen molar-refractivity contribution in [3.63, 3.8) is 0 Å². The molecule has 0 spiro atoms. The van der Waals surface area contributed by atoms with Gasteiger partial charge in [-0.3, -0.25) is 15.1 Å². The molecule has 0 unspecified atom stereocenters. The average molecular weight is 439 g/mol. The molecule has 0 aliphatic rings. The number of amides is 1. The van der Waals surface area contributed by atoms with Crippen LogP contribution in [0.25, 0.3) is 11.3 Å². The molecule has 1 amide bonds. The Morgan fingerprint density at radius 3 is 2.42 bits per heavy atom. The number of halogens is 3. The topological polar surface area (TPSA) is 54.9 Å². The van der Waals surface area contributed by atoms with E-state index in [1.165, 1.54) is 23.5 Å². The molecule has 8 heteroatoms. The minimum absolute atomic E-state index is 0.310. The van der Waals surface area contributed by atoms with Gasteiger partial charge >= 0.3 is 6.18 Å². The lowest BCUT2D eigenvalue weighted by Gasteiger charge is -2.07. The lowest BCUT2D eigenvalue weighted by Crippen LogP contribution is -2.11. The van der Waals surface area contributed by atoms with Crippen molar-refractivity contribution in [2.24, 2.45) is 0 Å². The molecule has 0 saturated carbocycles. The monoisotopic (exact) mass is 439 g/mol. The zero-order chi connectivity index (χ0) is 21.8. The molecule has 4 rings (SSSR count). The predicted octanol–water partition coefficient (Wildman–Crippen LogP) is 6.07. The van der Waals surface area contributed by atoms with Crippen LogP contribution >= 0.6 is 11.3 Å². The highest BCUT2D eigenvalue weighted by Crippen LogP contribution is 2.30. The molecule has 0 fully saturated rings. The van der Waals surface area contributed by atoms with E-state index in [-0.39, 0.29) is 5.91 Å². The van der Waals surface area contributed by atoms with E-state index < -0.39 is 11.7 Å². The largest absolute Gasteiger partial charge is 0.416 e. The van der Waals surface area contributed by atoms with Gasteiger partial charge in [0.1, 0.15) is 0 Å². The molecule has 0 saturated heterocycles. The number of carbonyl (C=O) groups excluding carboxylic acids is 1. The molecule has 2 aromatic carbocycles. The van der Waals surface area contributed by atoms with Crippen LogP contribution in [0, 0.1) is 0 Å². The maximum absolute atomic E-state index is 12.7. The molecule has 0 aliphatic carbocycles. The first-order valence-electron chi connectivity index (χ1n) is 9.32. The van der Waals surface area contributed by atoms with Crippen molar-refractivity contribution in [3.05, 3.63) is 101 Å². The van der Waals surface area contributed by atoms with E-state index in [0.717, 1.165) is 28.1 Å². The van der Waals surface area contributed by atoms with Crippen LogP contribution in [0.5, 0.6) is 0 Å². The number of aromatic nitrogens is 2. The van der Waals surface area contributed by atoms with E-state index in [1.807, 2.05) is 30.3 Å². The van der Waals surface area contributed by atoms with Crippen LogP contribution in [0.4, 0.5) is 18.3 Å². The molecule has 0 atom stereocenters. The summed E-state index contributed by atoms with van der Waals surface area (Å²) < 4.78 is 38.0. The molecule has 4 nitrogen and oxygen atoms in total. The normalized spacial score (nSPS) is 11.3. The standard InChI is InChI=1S/C23H16F3N3OS/c24-23(25,26)18-8-6-15(7-9-18)12-19-14-28-22(31-19)29-21(30)17-10-11-27-20(13-17)16-4-2-1-3-5-16/h1-11,13-14H,12H2,(H,28,29,30). The van der Waals surface area contributed by atoms with Crippen molar-refractivity contribution >= 4 is 22.4 Å². The summed E-state index contributed by atoms with van der Waals surface area (Å²) in [5.41, 5.74) is 2.10. The van der Waals surface area contributed by atoms with Crippen molar-refractivity contribution in [3.8, 4) is 11.3 Å². The van der Waals surface area contributed by atoms with E-state index in [0.29, 0.717) is 22.8 Å². The molecule has 1 N–H and O–H groups in total. The van der Waals surface area contributed by atoms with Gasteiger partial charge in [0.2, 0.25) is 0 Å². The first-order valence-corrected chi connectivity index (χ1v) is 10.1. The second kappa shape index (κ2) is 8.69. The third kappa shape index (κ3) is 5.16. The molecule has 2 aromatic heterocycles. The third-order valence-electron chi connectivity index (χ3n) is 4.53. The van der Waals surface area contributed by atoms with Gasteiger partial charge in [-0.1, -0.05) is 42.5 Å². The van der Waals surface area contributed by atoms with Crippen molar-refractivity contribution in [2.75, 3.05) is 5.32 Å². The maximum Gasteiger partial charge on any atom is 0.416 e. The quantitative estimate of drug-likeness (QED) is 0.411. The molecule has 0 bridgehead atoms. The highest BCUT2D eigenvalue weighted by Gasteiger charge is 2.29. The lowest BCUT2D eigenvalue weighted by atomic mass is 10.1. The summed E-state index contributed by atoms with van der Waals surface area (Å²) in [4.78, 5) is 22.0. The number of carbonyl (C=O) groups is 1. The number of alkyl halides is 3. The van der Waals surface area contributed by atoms with E-state index >= 15 is 0 Å². The van der Waals surface area contributed by atoms with Gasteiger partial charge in [0.05, 0.1) is 11.3 Å². The third-order valence-corrected chi connectivity index (χ3v) is 5.44. The Hall–Kier alpha value is -3.52. The fourth-order valence-corrected chi connectivity index (χ4v) is 3.81. The number of hydrogen-bond acceptors (Lipinski definition) is 4. The fourth-order valence-electron chi connectivity index (χ4n) is 2.97. The Kier molecular flexibility index (Phi) is 5.81. The van der Waals surface area contributed by atoms with Crippen molar-refractivity contribution in [2.45, 2.75) is 12.6 Å². The number of nitrogens with one attached hydrogen (secondary N) is 1. The van der Waals surface area contributed by atoms with Gasteiger partial charge < -0.3 is 0 Å². The van der Waals surface area contributed by atoms with Crippen LogP contribution < -0.4 is 5.32 Å². The Morgan fingerprint density at radius 2 is 1.71 bits per heavy atom. The van der Waals surface area contributed by atoms with E-state index in [9.17, 15) is 18.0 Å². The summed E-state index contributed by atoms with van der Waals surface area (Å²) in [6.07, 6.45) is -0.734. The minimum atomic E-state index is -4.35. The lowest BCUT2D eigenvalue weighted by molar-refractivity contribution is -0.137. The summed E-state index contributed by atoms with van der Waals surface area (Å²) >= 11 is 1.28. The minimum Gasteiger partial charge on any atom is -0.298 e. The first kappa shape index (κ1) is 20.7. The second-order valence-corrected chi connectivity index (χ2v) is 7.87. The zero-order valence-electron chi connectivity index (χ0n) is 16.1.